The second-order valence-electron chi connectivity index (χ2n) is 8.03. The predicted molar refractivity (Wildman–Crippen MR) is 129 cm³/mol. The summed E-state index contributed by atoms with van der Waals surface area (Å²) >= 11 is 6.12. The second kappa shape index (κ2) is 9.46. The van der Waals surface area contributed by atoms with Gasteiger partial charge in [-0.3, -0.25) is 19.8 Å². The molecule has 2 N–H and O–H groups in total. The first-order valence-electron chi connectivity index (χ1n) is 10.7. The lowest BCUT2D eigenvalue weighted by molar-refractivity contribution is -0.130. The van der Waals surface area contributed by atoms with Crippen molar-refractivity contribution in [1.82, 2.24) is 10.7 Å². The van der Waals surface area contributed by atoms with Gasteiger partial charge in [0.2, 0.25) is 5.91 Å². The lowest BCUT2D eigenvalue weighted by Crippen LogP contribution is -2.54. The molecular formula is C26H24ClN3O3. The highest BCUT2D eigenvalue weighted by Gasteiger charge is 2.33. The molecule has 0 saturated heterocycles. The summed E-state index contributed by atoms with van der Waals surface area (Å²) in [6, 6.07) is 21.4. The molecule has 1 unspecified atom stereocenters. The molecule has 1 aliphatic rings. The minimum absolute atomic E-state index is 0.0507. The summed E-state index contributed by atoms with van der Waals surface area (Å²) in [4.78, 5) is 38.8. The molecule has 0 saturated carbocycles. The van der Waals surface area contributed by atoms with Gasteiger partial charge in [0.15, 0.2) is 0 Å². The van der Waals surface area contributed by atoms with Gasteiger partial charge < -0.3 is 5.32 Å². The molecule has 3 amide bonds. The number of nitrogens with zero attached hydrogens (tertiary/aromatic N) is 1. The minimum Gasteiger partial charge on any atom is -0.344 e. The number of hydrazine groups is 1. The van der Waals surface area contributed by atoms with Crippen LogP contribution in [-0.2, 0) is 20.8 Å². The van der Waals surface area contributed by atoms with Gasteiger partial charge in [-0.05, 0) is 42.7 Å². The monoisotopic (exact) mass is 461 g/mol. The van der Waals surface area contributed by atoms with E-state index in [0.29, 0.717) is 16.3 Å². The smallest absolute Gasteiger partial charge is 0.261 e. The van der Waals surface area contributed by atoms with Crippen LogP contribution in [-0.4, -0.2) is 23.8 Å². The fourth-order valence-corrected chi connectivity index (χ4v) is 4.16. The molecule has 2 atom stereocenters. The fraction of sp³-hybridized carbons (Fsp3) is 0.192. The van der Waals surface area contributed by atoms with Crippen LogP contribution in [0, 0.1) is 0 Å². The third-order valence-electron chi connectivity index (χ3n) is 5.75. The Morgan fingerprint density at radius 2 is 1.61 bits per heavy atom. The molecule has 0 aromatic heterocycles. The Morgan fingerprint density at radius 3 is 2.36 bits per heavy atom. The van der Waals surface area contributed by atoms with E-state index in [4.69, 9.17) is 11.6 Å². The molecule has 7 heteroatoms. The molecule has 6 nitrogen and oxygen atoms in total. The molecule has 1 aliphatic heterocycles. The summed E-state index contributed by atoms with van der Waals surface area (Å²) in [7, 11) is 0. The van der Waals surface area contributed by atoms with Crippen molar-refractivity contribution in [2.75, 3.05) is 5.01 Å². The van der Waals surface area contributed by atoms with Crippen molar-refractivity contribution in [3.63, 3.8) is 0 Å². The lowest BCUT2D eigenvalue weighted by atomic mass is 9.92. The van der Waals surface area contributed by atoms with Crippen molar-refractivity contribution in [3.8, 4) is 11.1 Å². The standard InChI is InChI=1S/C26H24ClN3O3/c1-16-19-10-4-5-11-20(19)21-12-6-8-14-23(21)30(26(16)33)29-25(32)17(2)28-24(31)15-18-9-3-7-13-22(18)27/h3-14,16-17H,15H2,1-2H3,(H,28,31)(H,29,32)/t16?,17-/m0/s1. The van der Waals surface area contributed by atoms with Crippen molar-refractivity contribution in [3.05, 3.63) is 88.9 Å². The van der Waals surface area contributed by atoms with E-state index in [1.54, 1.807) is 37.3 Å². The highest BCUT2D eigenvalue weighted by Crippen LogP contribution is 2.39. The first-order chi connectivity index (χ1) is 15.9. The van der Waals surface area contributed by atoms with Gasteiger partial charge in [-0.2, -0.15) is 0 Å². The highest BCUT2D eigenvalue weighted by molar-refractivity contribution is 6.31. The molecule has 0 aliphatic carbocycles. The van der Waals surface area contributed by atoms with Crippen LogP contribution in [0.1, 0.15) is 30.9 Å². The lowest BCUT2D eigenvalue weighted by Gasteiger charge is -2.27. The molecule has 3 aromatic carbocycles. The molecule has 4 rings (SSSR count). The molecule has 0 bridgehead atoms. The Labute approximate surface area is 197 Å². The molecule has 168 valence electrons. The molecule has 3 aromatic rings. The first-order valence-corrected chi connectivity index (χ1v) is 11.1. The Hall–Kier alpha value is -3.64. The highest BCUT2D eigenvalue weighted by atomic mass is 35.5. The largest absolute Gasteiger partial charge is 0.344 e. The molecule has 0 fully saturated rings. The predicted octanol–water partition coefficient (Wildman–Crippen LogP) is 4.24. The van der Waals surface area contributed by atoms with Crippen LogP contribution in [0.2, 0.25) is 5.02 Å². The molecule has 1 heterocycles. The molecule has 0 radical (unpaired) electrons. The number of hydrogen-bond acceptors (Lipinski definition) is 3. The van der Waals surface area contributed by atoms with E-state index in [1.807, 2.05) is 49.4 Å². The van der Waals surface area contributed by atoms with Gasteiger partial charge in [0.05, 0.1) is 18.0 Å². The number of hydrogen-bond donors (Lipinski definition) is 2. The SMILES string of the molecule is CC1C(=O)N(NC(=O)[C@H](C)NC(=O)Cc2ccccc2Cl)c2ccccc2-c2ccccc21. The van der Waals surface area contributed by atoms with E-state index in [1.165, 1.54) is 5.01 Å². The molecular weight excluding hydrogens is 438 g/mol. The number of rotatable bonds is 5. The van der Waals surface area contributed by atoms with Crippen molar-refractivity contribution in [2.45, 2.75) is 32.2 Å². The third-order valence-corrected chi connectivity index (χ3v) is 6.12. The van der Waals surface area contributed by atoms with E-state index in [2.05, 4.69) is 10.7 Å². The van der Waals surface area contributed by atoms with Crippen LogP contribution in [0.3, 0.4) is 0 Å². The van der Waals surface area contributed by atoms with Crippen molar-refractivity contribution in [2.24, 2.45) is 0 Å². The zero-order chi connectivity index (χ0) is 23.5. The van der Waals surface area contributed by atoms with Crippen LogP contribution in [0.25, 0.3) is 11.1 Å². The van der Waals surface area contributed by atoms with Gasteiger partial charge in [0.25, 0.3) is 11.8 Å². The second-order valence-corrected chi connectivity index (χ2v) is 8.44. The van der Waals surface area contributed by atoms with Gasteiger partial charge in [0.1, 0.15) is 6.04 Å². The van der Waals surface area contributed by atoms with Crippen molar-refractivity contribution < 1.29 is 14.4 Å². The Morgan fingerprint density at radius 1 is 0.970 bits per heavy atom. The summed E-state index contributed by atoms with van der Waals surface area (Å²) < 4.78 is 0. The Kier molecular flexibility index (Phi) is 6.47. The molecule has 33 heavy (non-hydrogen) atoms. The topological polar surface area (TPSA) is 78.5 Å². The number of para-hydroxylation sites is 1. The van der Waals surface area contributed by atoms with Crippen molar-refractivity contribution >= 4 is 35.0 Å². The van der Waals surface area contributed by atoms with E-state index in [0.717, 1.165) is 16.7 Å². The van der Waals surface area contributed by atoms with Crippen LogP contribution < -0.4 is 15.8 Å². The van der Waals surface area contributed by atoms with Gasteiger partial charge in [-0.1, -0.05) is 72.3 Å². The maximum absolute atomic E-state index is 13.3. The van der Waals surface area contributed by atoms with Crippen LogP contribution >= 0.6 is 11.6 Å². The number of anilines is 1. The first kappa shape index (κ1) is 22.6. The number of fused-ring (bicyclic) bond motifs is 3. The van der Waals surface area contributed by atoms with E-state index >= 15 is 0 Å². The normalized spacial score (nSPS) is 15.7. The quantitative estimate of drug-likeness (QED) is 0.596. The third kappa shape index (κ3) is 4.61. The van der Waals surface area contributed by atoms with E-state index in [-0.39, 0.29) is 18.2 Å². The minimum atomic E-state index is -0.860. The number of amides is 3. The zero-order valence-electron chi connectivity index (χ0n) is 18.3. The fourth-order valence-electron chi connectivity index (χ4n) is 3.96. The van der Waals surface area contributed by atoms with Crippen LogP contribution in [0.5, 0.6) is 0 Å². The summed E-state index contributed by atoms with van der Waals surface area (Å²) in [6.07, 6.45) is 0.0507. The average Bonchev–Trinajstić information content (AvgIpc) is 2.90. The number of benzene rings is 3. The van der Waals surface area contributed by atoms with Crippen LogP contribution in [0.15, 0.2) is 72.8 Å². The Bertz CT molecular complexity index is 1230. The van der Waals surface area contributed by atoms with Crippen molar-refractivity contribution in [1.29, 1.82) is 0 Å². The van der Waals surface area contributed by atoms with Gasteiger partial charge in [-0.15, -0.1) is 0 Å². The number of halogens is 1. The maximum Gasteiger partial charge on any atom is 0.261 e. The van der Waals surface area contributed by atoms with Gasteiger partial charge in [-0.25, -0.2) is 5.01 Å². The number of nitrogens with one attached hydrogen (secondary N) is 2. The molecule has 0 spiro atoms. The summed E-state index contributed by atoms with van der Waals surface area (Å²) in [6.45, 7) is 3.40. The van der Waals surface area contributed by atoms with Gasteiger partial charge in [0, 0.05) is 10.6 Å². The average molecular weight is 462 g/mol. The van der Waals surface area contributed by atoms with E-state index in [9.17, 15) is 14.4 Å². The Balaban J connectivity index is 1.53. The number of carbonyl (C=O) groups is 3. The zero-order valence-corrected chi connectivity index (χ0v) is 19.1. The summed E-state index contributed by atoms with van der Waals surface area (Å²) in [5.41, 5.74) is 6.67. The maximum atomic E-state index is 13.3. The number of carbonyl (C=O) groups excluding carboxylic acids is 3. The summed E-state index contributed by atoms with van der Waals surface area (Å²) in [5.74, 6) is -1.55. The van der Waals surface area contributed by atoms with E-state index < -0.39 is 17.9 Å². The van der Waals surface area contributed by atoms with Gasteiger partial charge >= 0.3 is 0 Å². The van der Waals surface area contributed by atoms with Crippen LogP contribution in [0.4, 0.5) is 5.69 Å². The summed E-state index contributed by atoms with van der Waals surface area (Å²) in [5, 5.41) is 4.46.